The third-order valence-corrected chi connectivity index (χ3v) is 10.4. The average molecular weight is 723 g/mol. The maximum atomic E-state index is 12.0. The average Bonchev–Trinajstić information content (AvgIpc) is 3.13. The van der Waals surface area contributed by atoms with E-state index in [0.717, 1.165) is 32.1 Å². The van der Waals surface area contributed by atoms with Crippen LogP contribution < -0.4 is 10.6 Å². The molecule has 0 rings (SSSR count). The van der Waals surface area contributed by atoms with E-state index < -0.39 is 0 Å². The summed E-state index contributed by atoms with van der Waals surface area (Å²) in [5.41, 5.74) is 0. The Hall–Kier alpha value is -1.46. The van der Waals surface area contributed by atoms with E-state index in [0.29, 0.717) is 32.2 Å². The van der Waals surface area contributed by atoms with E-state index in [1.54, 1.807) is 0 Å². The molecule has 0 saturated heterocycles. The minimum atomic E-state index is -0.299. The van der Waals surface area contributed by atoms with E-state index in [1.165, 1.54) is 193 Å². The van der Waals surface area contributed by atoms with Crippen molar-refractivity contribution >= 4 is 12.2 Å². The largest absolute Gasteiger partial charge is 0.450 e. The summed E-state index contributed by atoms with van der Waals surface area (Å²) >= 11 is 0. The molecule has 0 spiro atoms. The first-order chi connectivity index (χ1) is 25.1. The van der Waals surface area contributed by atoms with Gasteiger partial charge in [0.25, 0.3) is 0 Å². The lowest BCUT2D eigenvalue weighted by atomic mass is 10.0. The first kappa shape index (κ1) is 49.5. The van der Waals surface area contributed by atoms with E-state index in [1.807, 2.05) is 0 Å². The smallest absolute Gasteiger partial charge is 0.407 e. The minimum Gasteiger partial charge on any atom is -0.450 e. The van der Waals surface area contributed by atoms with Crippen LogP contribution in [0.5, 0.6) is 0 Å². The van der Waals surface area contributed by atoms with Crippen LogP contribution in [0.2, 0.25) is 0 Å². The number of carbonyl (C=O) groups excluding carboxylic acids is 2. The highest BCUT2D eigenvalue weighted by atomic mass is 16.6. The van der Waals surface area contributed by atoms with Gasteiger partial charge < -0.3 is 20.1 Å². The second-order valence-electron chi connectivity index (χ2n) is 15.8. The quantitative estimate of drug-likeness (QED) is 0.0616. The molecule has 0 aliphatic heterocycles. The zero-order chi connectivity index (χ0) is 37.1. The summed E-state index contributed by atoms with van der Waals surface area (Å²) in [6.45, 7) is 8.95. The fraction of sp³-hybridized carbons (Fsp3) is 0.956. The van der Waals surface area contributed by atoms with Gasteiger partial charge in [-0.1, -0.05) is 213 Å². The van der Waals surface area contributed by atoms with Crippen LogP contribution in [0.1, 0.15) is 245 Å². The minimum absolute atomic E-state index is 0.298. The predicted octanol–water partition coefficient (Wildman–Crippen LogP) is 14.8. The standard InChI is InChI=1S/C45H90N2O4/c1-4-6-8-10-12-14-16-18-20-22-24-26-28-30-32-35-39-46-44(48)50-41-37-34-38-43(3)42-51-45(49)47-40-36-33-31-29-27-25-23-21-19-17-15-13-11-9-7-5-2/h43H,4-42H2,1-3H3,(H,46,48)(H,47,49). The van der Waals surface area contributed by atoms with Crippen LogP contribution in [0.3, 0.4) is 0 Å². The van der Waals surface area contributed by atoms with Crippen LogP contribution in [0, 0.1) is 5.92 Å². The van der Waals surface area contributed by atoms with Gasteiger partial charge in [-0.15, -0.1) is 0 Å². The highest BCUT2D eigenvalue weighted by Gasteiger charge is 2.08. The zero-order valence-electron chi connectivity index (χ0n) is 34.8. The summed E-state index contributed by atoms with van der Waals surface area (Å²) in [5, 5.41) is 5.79. The van der Waals surface area contributed by atoms with Crippen molar-refractivity contribution in [2.45, 2.75) is 245 Å². The zero-order valence-corrected chi connectivity index (χ0v) is 34.8. The van der Waals surface area contributed by atoms with Crippen LogP contribution in [-0.4, -0.2) is 38.5 Å². The van der Waals surface area contributed by atoms with Crippen molar-refractivity contribution in [2.24, 2.45) is 5.92 Å². The highest BCUT2D eigenvalue weighted by molar-refractivity contribution is 5.67. The van der Waals surface area contributed by atoms with Gasteiger partial charge in [0, 0.05) is 13.1 Å². The first-order valence-corrected chi connectivity index (χ1v) is 22.9. The van der Waals surface area contributed by atoms with E-state index >= 15 is 0 Å². The van der Waals surface area contributed by atoms with Gasteiger partial charge in [0.15, 0.2) is 0 Å². The molecule has 6 heteroatoms. The van der Waals surface area contributed by atoms with Crippen molar-refractivity contribution in [3.8, 4) is 0 Å². The van der Waals surface area contributed by atoms with Crippen LogP contribution >= 0.6 is 0 Å². The Bertz CT molecular complexity index is 704. The third kappa shape index (κ3) is 42.8. The number of rotatable bonds is 41. The lowest BCUT2D eigenvalue weighted by Gasteiger charge is -2.13. The van der Waals surface area contributed by atoms with Gasteiger partial charge in [-0.05, 0) is 38.0 Å². The molecular weight excluding hydrogens is 633 g/mol. The number of ether oxygens (including phenoxy) is 2. The van der Waals surface area contributed by atoms with Crippen molar-refractivity contribution in [1.82, 2.24) is 10.6 Å². The van der Waals surface area contributed by atoms with Crippen LogP contribution in [-0.2, 0) is 9.47 Å². The summed E-state index contributed by atoms with van der Waals surface area (Å²) in [6.07, 6.45) is 45.4. The Balaban J connectivity index is 3.33. The molecule has 0 aromatic heterocycles. The molecule has 0 aromatic carbocycles. The lowest BCUT2D eigenvalue weighted by molar-refractivity contribution is 0.124. The molecule has 1 unspecified atom stereocenters. The Morgan fingerprint density at radius 1 is 0.392 bits per heavy atom. The monoisotopic (exact) mass is 723 g/mol. The van der Waals surface area contributed by atoms with Gasteiger partial charge in [-0.2, -0.15) is 0 Å². The Morgan fingerprint density at radius 3 is 1.02 bits per heavy atom. The highest BCUT2D eigenvalue weighted by Crippen LogP contribution is 2.15. The normalized spacial score (nSPS) is 11.8. The van der Waals surface area contributed by atoms with Crippen molar-refractivity contribution in [2.75, 3.05) is 26.3 Å². The van der Waals surface area contributed by atoms with E-state index in [9.17, 15) is 9.59 Å². The van der Waals surface area contributed by atoms with Gasteiger partial charge in [0.1, 0.15) is 0 Å². The molecule has 2 amide bonds. The topological polar surface area (TPSA) is 76.7 Å². The maximum absolute atomic E-state index is 12.0. The van der Waals surface area contributed by atoms with Gasteiger partial charge in [0.2, 0.25) is 0 Å². The fourth-order valence-electron chi connectivity index (χ4n) is 6.89. The summed E-state index contributed by atoms with van der Waals surface area (Å²) in [4.78, 5) is 24.0. The Labute approximate surface area is 318 Å². The van der Waals surface area contributed by atoms with Crippen molar-refractivity contribution in [3.63, 3.8) is 0 Å². The van der Waals surface area contributed by atoms with Gasteiger partial charge in [-0.25, -0.2) is 9.59 Å². The second kappa shape index (κ2) is 42.9. The molecule has 2 N–H and O–H groups in total. The third-order valence-electron chi connectivity index (χ3n) is 10.4. The molecule has 0 bridgehead atoms. The molecule has 0 aromatic rings. The molecule has 6 nitrogen and oxygen atoms in total. The molecule has 0 aliphatic rings. The first-order valence-electron chi connectivity index (χ1n) is 22.9. The van der Waals surface area contributed by atoms with Crippen molar-refractivity contribution in [3.05, 3.63) is 0 Å². The van der Waals surface area contributed by atoms with Crippen LogP contribution in [0.4, 0.5) is 9.59 Å². The maximum Gasteiger partial charge on any atom is 0.407 e. The molecule has 0 heterocycles. The van der Waals surface area contributed by atoms with Crippen LogP contribution in [0.25, 0.3) is 0 Å². The number of alkyl carbamates (subject to hydrolysis) is 2. The van der Waals surface area contributed by atoms with E-state index in [2.05, 4.69) is 31.4 Å². The van der Waals surface area contributed by atoms with Gasteiger partial charge >= 0.3 is 12.2 Å². The summed E-state index contributed by atoms with van der Waals surface area (Å²) in [7, 11) is 0. The number of hydrogen-bond donors (Lipinski definition) is 2. The van der Waals surface area contributed by atoms with Crippen LogP contribution in [0.15, 0.2) is 0 Å². The molecule has 0 fully saturated rings. The summed E-state index contributed by atoms with van der Waals surface area (Å²) < 4.78 is 10.7. The SMILES string of the molecule is CCCCCCCCCCCCCCCCCCNC(=O)OCCCCC(C)COC(=O)NCCCCCCCCCCCCCCCCCC. The molecule has 304 valence electrons. The van der Waals surface area contributed by atoms with Gasteiger partial charge in [-0.3, -0.25) is 0 Å². The van der Waals surface area contributed by atoms with E-state index in [4.69, 9.17) is 9.47 Å². The molecular formula is C45H90N2O4. The predicted molar refractivity (Wildman–Crippen MR) is 221 cm³/mol. The molecule has 1 atom stereocenters. The molecule has 0 aliphatic carbocycles. The lowest BCUT2D eigenvalue weighted by Crippen LogP contribution is -2.27. The number of unbranched alkanes of at least 4 members (excludes halogenated alkanes) is 31. The Kier molecular flexibility index (Phi) is 41.7. The number of carbonyl (C=O) groups is 2. The number of hydrogen-bond acceptors (Lipinski definition) is 4. The number of amides is 2. The van der Waals surface area contributed by atoms with Gasteiger partial charge in [0.05, 0.1) is 13.2 Å². The van der Waals surface area contributed by atoms with Crippen molar-refractivity contribution < 1.29 is 19.1 Å². The number of nitrogens with one attached hydrogen (secondary N) is 2. The van der Waals surface area contributed by atoms with Crippen molar-refractivity contribution in [1.29, 1.82) is 0 Å². The molecule has 51 heavy (non-hydrogen) atoms. The summed E-state index contributed by atoms with van der Waals surface area (Å²) in [6, 6.07) is 0. The molecule has 0 radical (unpaired) electrons. The fourth-order valence-corrected chi connectivity index (χ4v) is 6.89. The second-order valence-corrected chi connectivity index (χ2v) is 15.8. The van der Waals surface area contributed by atoms with E-state index in [-0.39, 0.29) is 12.2 Å². The molecule has 0 saturated carbocycles. The summed E-state index contributed by atoms with van der Waals surface area (Å²) in [5.74, 6) is 0.301. The Morgan fingerprint density at radius 2 is 0.686 bits per heavy atom.